The number of hydrogen-bond acceptors (Lipinski definition) is 4. The van der Waals surface area contributed by atoms with E-state index in [9.17, 15) is 4.79 Å². The van der Waals surface area contributed by atoms with Gasteiger partial charge < -0.3 is 15.1 Å². The van der Waals surface area contributed by atoms with Gasteiger partial charge in [-0.3, -0.25) is 9.89 Å². The quantitative estimate of drug-likeness (QED) is 0.876. The van der Waals surface area contributed by atoms with Crippen molar-refractivity contribution in [2.75, 3.05) is 37.6 Å². The van der Waals surface area contributed by atoms with E-state index in [1.54, 1.807) is 0 Å². The molecule has 0 atom stereocenters. The van der Waals surface area contributed by atoms with Gasteiger partial charge in [-0.15, -0.1) is 0 Å². The van der Waals surface area contributed by atoms with Crippen molar-refractivity contribution in [1.29, 1.82) is 0 Å². The molecule has 2 aliphatic rings. The molecule has 0 saturated carbocycles. The number of amides is 1. The molecule has 1 amide bonds. The van der Waals surface area contributed by atoms with Gasteiger partial charge in [0.2, 0.25) is 0 Å². The molecule has 0 bridgehead atoms. The molecule has 0 unspecified atom stereocenters. The number of benzene rings is 1. The van der Waals surface area contributed by atoms with Crippen LogP contribution in [0.1, 0.15) is 28.2 Å². The van der Waals surface area contributed by atoms with Gasteiger partial charge in [0, 0.05) is 62.6 Å². The average Bonchev–Trinajstić information content (AvgIpc) is 2.91. The van der Waals surface area contributed by atoms with E-state index in [4.69, 9.17) is 0 Å². The van der Waals surface area contributed by atoms with Gasteiger partial charge in [0.05, 0.1) is 0 Å². The van der Waals surface area contributed by atoms with Crippen LogP contribution in [0, 0.1) is 0 Å². The van der Waals surface area contributed by atoms with E-state index in [-0.39, 0.29) is 5.91 Å². The molecule has 0 radical (unpaired) electrons. The first-order valence-electron chi connectivity index (χ1n) is 8.69. The highest BCUT2D eigenvalue weighted by Gasteiger charge is 2.27. The van der Waals surface area contributed by atoms with Crippen molar-refractivity contribution >= 4 is 11.6 Å². The van der Waals surface area contributed by atoms with Crippen LogP contribution in [-0.2, 0) is 13.0 Å². The third-order valence-corrected chi connectivity index (χ3v) is 4.91. The SMILES string of the molecule is O=C(c1n[nH]c2c1CNCC2)N1CCCN(c2ccccc2)CC1. The van der Waals surface area contributed by atoms with Crippen molar-refractivity contribution in [2.45, 2.75) is 19.4 Å². The number of anilines is 1. The van der Waals surface area contributed by atoms with Crippen LogP contribution in [0.5, 0.6) is 0 Å². The summed E-state index contributed by atoms with van der Waals surface area (Å²) in [4.78, 5) is 17.2. The zero-order valence-electron chi connectivity index (χ0n) is 13.8. The average molecular weight is 325 g/mol. The fraction of sp³-hybridized carbons (Fsp3) is 0.444. The number of aromatic nitrogens is 2. The number of fused-ring (bicyclic) bond motifs is 1. The summed E-state index contributed by atoms with van der Waals surface area (Å²) in [6.45, 7) is 5.05. The van der Waals surface area contributed by atoms with E-state index in [0.29, 0.717) is 5.69 Å². The molecule has 24 heavy (non-hydrogen) atoms. The molecule has 1 aromatic carbocycles. The zero-order chi connectivity index (χ0) is 16.4. The molecule has 2 aromatic rings. The highest BCUT2D eigenvalue weighted by atomic mass is 16.2. The van der Waals surface area contributed by atoms with E-state index in [0.717, 1.165) is 63.4 Å². The summed E-state index contributed by atoms with van der Waals surface area (Å²) in [6.07, 6.45) is 1.89. The van der Waals surface area contributed by atoms with E-state index in [2.05, 4.69) is 44.7 Å². The Labute approximate surface area is 141 Å². The third-order valence-electron chi connectivity index (χ3n) is 4.91. The Morgan fingerprint density at radius 2 is 1.96 bits per heavy atom. The molecule has 1 saturated heterocycles. The van der Waals surface area contributed by atoms with E-state index in [1.165, 1.54) is 5.69 Å². The zero-order valence-corrected chi connectivity index (χ0v) is 13.8. The molecule has 0 aliphatic carbocycles. The number of hydrogen-bond donors (Lipinski definition) is 2. The van der Waals surface area contributed by atoms with E-state index >= 15 is 0 Å². The van der Waals surface area contributed by atoms with Gasteiger partial charge in [-0.25, -0.2) is 0 Å². The van der Waals surface area contributed by atoms with E-state index in [1.807, 2.05) is 11.0 Å². The molecule has 1 fully saturated rings. The summed E-state index contributed by atoms with van der Waals surface area (Å²) < 4.78 is 0. The van der Waals surface area contributed by atoms with Gasteiger partial charge in [0.1, 0.15) is 0 Å². The lowest BCUT2D eigenvalue weighted by Gasteiger charge is -2.23. The van der Waals surface area contributed by atoms with Crippen LogP contribution in [0.2, 0.25) is 0 Å². The number of para-hydroxylation sites is 1. The second kappa shape index (κ2) is 6.65. The maximum atomic E-state index is 12.9. The number of rotatable bonds is 2. The molecule has 4 rings (SSSR count). The number of aromatic amines is 1. The smallest absolute Gasteiger partial charge is 0.274 e. The minimum Gasteiger partial charge on any atom is -0.370 e. The normalized spacial score (nSPS) is 18.2. The Morgan fingerprint density at radius 1 is 1.08 bits per heavy atom. The summed E-state index contributed by atoms with van der Waals surface area (Å²) in [5.41, 5.74) is 3.99. The molecule has 2 aliphatic heterocycles. The lowest BCUT2D eigenvalue weighted by atomic mass is 10.1. The number of nitrogens with zero attached hydrogens (tertiary/aromatic N) is 3. The molecule has 1 aromatic heterocycles. The van der Waals surface area contributed by atoms with Crippen molar-refractivity contribution < 1.29 is 4.79 Å². The number of nitrogens with one attached hydrogen (secondary N) is 2. The minimum atomic E-state index is 0.0612. The first-order valence-corrected chi connectivity index (χ1v) is 8.69. The summed E-state index contributed by atoms with van der Waals surface area (Å²) >= 11 is 0. The van der Waals surface area contributed by atoms with Crippen LogP contribution in [0.15, 0.2) is 30.3 Å². The summed E-state index contributed by atoms with van der Waals surface area (Å²) in [7, 11) is 0. The van der Waals surface area contributed by atoms with Crippen molar-refractivity contribution in [3.63, 3.8) is 0 Å². The Kier molecular flexibility index (Phi) is 4.21. The molecule has 2 N–H and O–H groups in total. The predicted octanol–water partition coefficient (Wildman–Crippen LogP) is 1.41. The Bertz CT molecular complexity index is 711. The molecular weight excluding hydrogens is 302 g/mol. The van der Waals surface area contributed by atoms with Crippen LogP contribution >= 0.6 is 0 Å². The third kappa shape index (κ3) is 2.89. The molecular formula is C18H23N5O. The molecule has 6 nitrogen and oxygen atoms in total. The van der Waals surface area contributed by atoms with Crippen LogP contribution in [0.3, 0.4) is 0 Å². The van der Waals surface area contributed by atoms with Crippen molar-refractivity contribution in [1.82, 2.24) is 20.4 Å². The fourth-order valence-electron chi connectivity index (χ4n) is 3.57. The van der Waals surface area contributed by atoms with Gasteiger partial charge in [0.25, 0.3) is 5.91 Å². The molecule has 0 spiro atoms. The monoisotopic (exact) mass is 325 g/mol. The highest BCUT2D eigenvalue weighted by Crippen LogP contribution is 2.20. The lowest BCUT2D eigenvalue weighted by Crippen LogP contribution is -2.36. The van der Waals surface area contributed by atoms with Gasteiger partial charge in [0.15, 0.2) is 5.69 Å². The van der Waals surface area contributed by atoms with Gasteiger partial charge >= 0.3 is 0 Å². The van der Waals surface area contributed by atoms with Crippen LogP contribution < -0.4 is 10.2 Å². The summed E-state index contributed by atoms with van der Waals surface area (Å²) in [5.74, 6) is 0.0612. The predicted molar refractivity (Wildman–Crippen MR) is 93.2 cm³/mol. The number of carbonyl (C=O) groups is 1. The number of H-pyrrole nitrogens is 1. The standard InChI is InChI=1S/C18H23N5O/c24-18(17-15-13-19-8-7-16(15)20-21-17)23-10-4-9-22(11-12-23)14-5-2-1-3-6-14/h1-3,5-6,19H,4,7-13H2,(H,20,21). The summed E-state index contributed by atoms with van der Waals surface area (Å²) in [6, 6.07) is 10.4. The lowest BCUT2D eigenvalue weighted by molar-refractivity contribution is 0.0759. The summed E-state index contributed by atoms with van der Waals surface area (Å²) in [5, 5.41) is 10.7. The molecule has 126 valence electrons. The molecule has 6 heteroatoms. The van der Waals surface area contributed by atoms with E-state index < -0.39 is 0 Å². The van der Waals surface area contributed by atoms with Crippen molar-refractivity contribution in [3.8, 4) is 0 Å². The van der Waals surface area contributed by atoms with Gasteiger partial charge in [-0.1, -0.05) is 18.2 Å². The molecule has 3 heterocycles. The highest BCUT2D eigenvalue weighted by molar-refractivity contribution is 5.94. The Balaban J connectivity index is 1.47. The Morgan fingerprint density at radius 3 is 2.83 bits per heavy atom. The van der Waals surface area contributed by atoms with Crippen LogP contribution in [0.4, 0.5) is 5.69 Å². The number of carbonyl (C=O) groups excluding carboxylic acids is 1. The van der Waals surface area contributed by atoms with Crippen molar-refractivity contribution in [2.24, 2.45) is 0 Å². The Hall–Kier alpha value is -2.34. The maximum Gasteiger partial charge on any atom is 0.274 e. The maximum absolute atomic E-state index is 12.9. The fourth-order valence-corrected chi connectivity index (χ4v) is 3.57. The van der Waals surface area contributed by atoms with Gasteiger partial charge in [-0.05, 0) is 18.6 Å². The first kappa shape index (κ1) is 15.2. The second-order valence-corrected chi connectivity index (χ2v) is 6.42. The van der Waals surface area contributed by atoms with Crippen molar-refractivity contribution in [3.05, 3.63) is 47.3 Å². The topological polar surface area (TPSA) is 64.3 Å². The van der Waals surface area contributed by atoms with Gasteiger partial charge in [-0.2, -0.15) is 5.10 Å². The minimum absolute atomic E-state index is 0.0612. The second-order valence-electron chi connectivity index (χ2n) is 6.42. The van der Waals surface area contributed by atoms with Crippen LogP contribution in [0.25, 0.3) is 0 Å². The first-order chi connectivity index (χ1) is 11.8. The van der Waals surface area contributed by atoms with Crippen LogP contribution in [-0.4, -0.2) is 53.7 Å². The largest absolute Gasteiger partial charge is 0.370 e.